The summed E-state index contributed by atoms with van der Waals surface area (Å²) in [5.41, 5.74) is 1.56. The second-order valence-corrected chi connectivity index (χ2v) is 6.70. The maximum absolute atomic E-state index is 12.1. The molecule has 7 heteroatoms. The van der Waals surface area contributed by atoms with E-state index in [1.807, 2.05) is 32.9 Å². The summed E-state index contributed by atoms with van der Waals surface area (Å²) in [6.45, 7) is 5.65. The minimum absolute atomic E-state index is 0.0134. The van der Waals surface area contributed by atoms with E-state index in [1.54, 1.807) is 12.1 Å². The lowest BCUT2D eigenvalue weighted by Crippen LogP contribution is -2.40. The Morgan fingerprint density at radius 2 is 1.72 bits per heavy atom. The molecule has 0 radical (unpaired) electrons. The van der Waals surface area contributed by atoms with Crippen molar-refractivity contribution in [3.63, 3.8) is 0 Å². The van der Waals surface area contributed by atoms with Gasteiger partial charge in [0.25, 0.3) is 5.91 Å². The third kappa shape index (κ3) is 5.26. The summed E-state index contributed by atoms with van der Waals surface area (Å²) in [5, 5.41) is 25.5. The zero-order chi connectivity index (χ0) is 18.6. The van der Waals surface area contributed by atoms with E-state index < -0.39 is 24.4 Å². The van der Waals surface area contributed by atoms with E-state index in [4.69, 9.17) is 4.74 Å². The van der Waals surface area contributed by atoms with Crippen LogP contribution in [-0.2, 0) is 9.53 Å². The number of hydrogen-bond acceptors (Lipinski definition) is 5. The van der Waals surface area contributed by atoms with Crippen LogP contribution in [0.5, 0.6) is 0 Å². The molecule has 0 aliphatic carbocycles. The number of rotatable bonds is 6. The molecule has 25 heavy (non-hydrogen) atoms. The third-order valence-corrected chi connectivity index (χ3v) is 4.08. The summed E-state index contributed by atoms with van der Waals surface area (Å²) < 4.78 is 5.57. The summed E-state index contributed by atoms with van der Waals surface area (Å²) in [4.78, 5) is 23.9. The zero-order valence-corrected chi connectivity index (χ0v) is 14.7. The molecule has 0 saturated carbocycles. The fourth-order valence-electron chi connectivity index (χ4n) is 2.73. The molecule has 2 rings (SSSR count). The van der Waals surface area contributed by atoms with Crippen LogP contribution in [0, 0.1) is 6.92 Å². The van der Waals surface area contributed by atoms with E-state index in [1.165, 1.54) is 0 Å². The van der Waals surface area contributed by atoms with Gasteiger partial charge in [-0.15, -0.1) is 0 Å². The monoisotopic (exact) mass is 350 g/mol. The van der Waals surface area contributed by atoms with Gasteiger partial charge < -0.3 is 25.6 Å². The number of carbonyl (C=O) groups is 2. The summed E-state index contributed by atoms with van der Waals surface area (Å²) in [6.07, 6.45) is -3.93. The summed E-state index contributed by atoms with van der Waals surface area (Å²) in [7, 11) is 0. The molecule has 4 atom stereocenters. The summed E-state index contributed by atoms with van der Waals surface area (Å²) in [6, 6.07) is 7.08. The zero-order valence-electron chi connectivity index (χ0n) is 14.7. The topological polar surface area (TPSA) is 108 Å². The Hall–Kier alpha value is -1.96. The second kappa shape index (κ2) is 8.42. The van der Waals surface area contributed by atoms with Gasteiger partial charge in [-0.25, -0.2) is 0 Å². The fraction of sp³-hybridized carbons (Fsp3) is 0.556. The first-order valence-corrected chi connectivity index (χ1v) is 8.43. The van der Waals surface area contributed by atoms with Gasteiger partial charge in [-0.2, -0.15) is 0 Å². The van der Waals surface area contributed by atoms with Crippen LogP contribution in [-0.4, -0.2) is 59.0 Å². The second-order valence-electron chi connectivity index (χ2n) is 6.70. The van der Waals surface area contributed by atoms with Crippen molar-refractivity contribution in [2.45, 2.75) is 57.6 Å². The van der Waals surface area contributed by atoms with Crippen molar-refractivity contribution < 1.29 is 24.5 Å². The number of ether oxygens (including phenoxy) is 1. The number of hydrogen-bond donors (Lipinski definition) is 4. The van der Waals surface area contributed by atoms with Crippen LogP contribution in [0.2, 0.25) is 0 Å². The molecule has 1 aromatic carbocycles. The highest BCUT2D eigenvalue weighted by Crippen LogP contribution is 2.23. The summed E-state index contributed by atoms with van der Waals surface area (Å²) >= 11 is 0. The van der Waals surface area contributed by atoms with Crippen LogP contribution in [0.15, 0.2) is 24.3 Å². The number of carbonyl (C=O) groups excluding carboxylic acids is 2. The van der Waals surface area contributed by atoms with Crippen molar-refractivity contribution in [3.8, 4) is 0 Å². The van der Waals surface area contributed by atoms with Crippen molar-refractivity contribution >= 4 is 11.8 Å². The Balaban J connectivity index is 1.87. The standard InChI is InChI=1S/C18H26N2O5/c1-10(2)20-15(21)8-13-16(22)17(23)14(25-13)9-19-18(24)12-6-4-11(3)5-7-12/h4-7,10,13-14,16-17,22-23H,8-9H2,1-3H3,(H,19,24)(H,20,21)/t13-,14+,16-,17+/m0/s1. The van der Waals surface area contributed by atoms with Gasteiger partial charge in [0, 0.05) is 18.2 Å². The predicted molar refractivity (Wildman–Crippen MR) is 92.1 cm³/mol. The van der Waals surface area contributed by atoms with Crippen molar-refractivity contribution in [2.75, 3.05) is 6.54 Å². The lowest BCUT2D eigenvalue weighted by atomic mass is 10.0. The van der Waals surface area contributed by atoms with Crippen molar-refractivity contribution in [1.82, 2.24) is 10.6 Å². The molecule has 1 saturated heterocycles. The van der Waals surface area contributed by atoms with Crippen molar-refractivity contribution in [1.29, 1.82) is 0 Å². The molecule has 0 bridgehead atoms. The normalized spacial score (nSPS) is 25.8. The van der Waals surface area contributed by atoms with E-state index in [0.29, 0.717) is 5.56 Å². The largest absolute Gasteiger partial charge is 0.388 e. The minimum atomic E-state index is -1.17. The van der Waals surface area contributed by atoms with Gasteiger partial charge in [0.05, 0.1) is 12.5 Å². The van der Waals surface area contributed by atoms with Crippen LogP contribution >= 0.6 is 0 Å². The van der Waals surface area contributed by atoms with Gasteiger partial charge in [-0.3, -0.25) is 9.59 Å². The maximum atomic E-state index is 12.1. The van der Waals surface area contributed by atoms with Gasteiger partial charge in [-0.1, -0.05) is 17.7 Å². The third-order valence-electron chi connectivity index (χ3n) is 4.08. The molecule has 1 aliphatic rings. The van der Waals surface area contributed by atoms with E-state index in [2.05, 4.69) is 10.6 Å². The van der Waals surface area contributed by atoms with Gasteiger partial charge in [-0.05, 0) is 32.9 Å². The van der Waals surface area contributed by atoms with Crippen LogP contribution in [0.4, 0.5) is 0 Å². The van der Waals surface area contributed by atoms with Crippen molar-refractivity contribution in [3.05, 3.63) is 35.4 Å². The Kier molecular flexibility index (Phi) is 6.52. The Bertz CT molecular complexity index is 602. The molecular weight excluding hydrogens is 324 g/mol. The number of benzene rings is 1. The average molecular weight is 350 g/mol. The van der Waals surface area contributed by atoms with E-state index in [0.717, 1.165) is 5.56 Å². The molecule has 1 aliphatic heterocycles. The number of amides is 2. The molecule has 4 N–H and O–H groups in total. The molecule has 1 heterocycles. The van der Waals surface area contributed by atoms with Gasteiger partial charge >= 0.3 is 0 Å². The molecule has 7 nitrogen and oxygen atoms in total. The minimum Gasteiger partial charge on any atom is -0.388 e. The lowest BCUT2D eigenvalue weighted by molar-refractivity contribution is -0.125. The number of aliphatic hydroxyl groups excluding tert-OH is 2. The molecule has 1 fully saturated rings. The lowest BCUT2D eigenvalue weighted by Gasteiger charge is -2.16. The number of nitrogens with one attached hydrogen (secondary N) is 2. The maximum Gasteiger partial charge on any atom is 0.251 e. The van der Waals surface area contributed by atoms with Gasteiger partial charge in [0.15, 0.2) is 0 Å². The van der Waals surface area contributed by atoms with Gasteiger partial charge in [0.1, 0.15) is 18.3 Å². The number of aliphatic hydroxyl groups is 2. The predicted octanol–water partition coefficient (Wildman–Crippen LogP) is 0.129. The van der Waals surface area contributed by atoms with Crippen molar-refractivity contribution in [2.24, 2.45) is 0 Å². The molecule has 0 unspecified atom stereocenters. The highest BCUT2D eigenvalue weighted by Gasteiger charge is 2.43. The molecular formula is C18H26N2O5. The van der Waals surface area contributed by atoms with E-state index >= 15 is 0 Å². The Morgan fingerprint density at radius 3 is 2.32 bits per heavy atom. The number of aryl methyl sites for hydroxylation is 1. The molecule has 138 valence electrons. The van der Waals surface area contributed by atoms with E-state index in [-0.39, 0.29) is 30.8 Å². The van der Waals surface area contributed by atoms with Crippen LogP contribution in [0.1, 0.15) is 36.2 Å². The fourth-order valence-corrected chi connectivity index (χ4v) is 2.73. The molecule has 0 aromatic heterocycles. The quantitative estimate of drug-likeness (QED) is 0.583. The molecule has 1 aromatic rings. The smallest absolute Gasteiger partial charge is 0.251 e. The first kappa shape index (κ1) is 19.4. The summed E-state index contributed by atoms with van der Waals surface area (Å²) in [5.74, 6) is -0.540. The van der Waals surface area contributed by atoms with E-state index in [9.17, 15) is 19.8 Å². The Morgan fingerprint density at radius 1 is 1.12 bits per heavy atom. The highest BCUT2D eigenvalue weighted by molar-refractivity contribution is 5.94. The first-order valence-electron chi connectivity index (χ1n) is 8.43. The molecule has 0 spiro atoms. The SMILES string of the molecule is Cc1ccc(C(=O)NC[C@H]2O[C@@H](CC(=O)NC(C)C)[C@H](O)[C@@H]2O)cc1. The van der Waals surface area contributed by atoms with Gasteiger partial charge in [0.2, 0.25) is 5.91 Å². The van der Waals surface area contributed by atoms with Crippen LogP contribution in [0.3, 0.4) is 0 Å². The Labute approximate surface area is 147 Å². The van der Waals surface area contributed by atoms with Crippen LogP contribution in [0.25, 0.3) is 0 Å². The van der Waals surface area contributed by atoms with Crippen LogP contribution < -0.4 is 10.6 Å². The molecule has 2 amide bonds. The highest BCUT2D eigenvalue weighted by atomic mass is 16.5. The first-order chi connectivity index (χ1) is 11.8. The average Bonchev–Trinajstić information content (AvgIpc) is 2.80.